The molecule has 0 spiro atoms. The number of nitrogens with zero attached hydrogens (tertiary/aromatic N) is 1. The fourth-order valence-electron chi connectivity index (χ4n) is 2.84. The number of primary amides is 1. The summed E-state index contributed by atoms with van der Waals surface area (Å²) in [5, 5.41) is 25.0. The quantitative estimate of drug-likeness (QED) is 0.109. The lowest BCUT2D eigenvalue weighted by Crippen LogP contribution is -2.58. The highest BCUT2D eigenvalue weighted by molar-refractivity contribution is 7.98. The third kappa shape index (κ3) is 10.9. The summed E-state index contributed by atoms with van der Waals surface area (Å²) in [5.41, 5.74) is 11.5. The van der Waals surface area contributed by atoms with Crippen LogP contribution in [0.2, 0.25) is 0 Å². The molecule has 1 aromatic heterocycles. The van der Waals surface area contributed by atoms with Gasteiger partial charge in [0.15, 0.2) is 0 Å². The molecule has 0 radical (unpaired) electrons. The van der Waals surface area contributed by atoms with Gasteiger partial charge in [-0.2, -0.15) is 11.8 Å². The molecule has 0 bridgehead atoms. The van der Waals surface area contributed by atoms with Gasteiger partial charge >= 0.3 is 11.9 Å². The maximum atomic E-state index is 12.8. The van der Waals surface area contributed by atoms with E-state index in [1.165, 1.54) is 24.3 Å². The minimum Gasteiger partial charge on any atom is -0.481 e. The molecule has 0 aliphatic heterocycles. The summed E-state index contributed by atoms with van der Waals surface area (Å²) >= 11 is 1.34. The van der Waals surface area contributed by atoms with Crippen LogP contribution in [0.3, 0.4) is 0 Å². The Hall–Kier alpha value is -3.66. The van der Waals surface area contributed by atoms with Gasteiger partial charge in [-0.1, -0.05) is 0 Å². The van der Waals surface area contributed by atoms with Crippen molar-refractivity contribution in [1.82, 2.24) is 25.9 Å². The van der Waals surface area contributed by atoms with E-state index >= 15 is 0 Å². The van der Waals surface area contributed by atoms with Gasteiger partial charge in [0.1, 0.15) is 18.1 Å². The van der Waals surface area contributed by atoms with Gasteiger partial charge in [0.2, 0.25) is 23.6 Å². The van der Waals surface area contributed by atoms with E-state index in [9.17, 15) is 33.9 Å². The van der Waals surface area contributed by atoms with Gasteiger partial charge in [0, 0.05) is 18.3 Å². The fraction of sp³-hybridized carbons (Fsp3) is 0.526. The highest BCUT2D eigenvalue weighted by Gasteiger charge is 2.32. The molecule has 194 valence electrons. The molecule has 4 unspecified atom stereocenters. The third-order valence-corrected chi connectivity index (χ3v) is 5.25. The first-order valence-corrected chi connectivity index (χ1v) is 11.7. The summed E-state index contributed by atoms with van der Waals surface area (Å²) in [6.07, 6.45) is 3.11. The maximum Gasteiger partial charge on any atom is 0.326 e. The zero-order valence-corrected chi connectivity index (χ0v) is 19.7. The number of imidazole rings is 1. The molecule has 1 rings (SSSR count). The molecule has 4 amide bonds. The second kappa shape index (κ2) is 14.6. The minimum absolute atomic E-state index is 0.0351. The van der Waals surface area contributed by atoms with E-state index < -0.39 is 72.6 Å². The SMILES string of the molecule is CSCCC(NC(=O)C(CC(=O)O)NC(=O)C(CC(N)=O)NC(=O)C(N)Cc1cnc[nH]1)C(=O)O. The minimum atomic E-state index is -1.69. The standard InChI is InChI=1S/C19H29N7O8S/c1-35-3-2-11(19(33)34)24-18(32)13(6-15(28)29)26-17(31)12(5-14(21)27)25-16(30)10(20)4-9-7-22-8-23-9/h7-8,10-13H,2-6,20H2,1H3,(H2,21,27)(H,22,23)(H,24,32)(H,25,30)(H,26,31)(H,28,29)(H,33,34). The van der Waals surface area contributed by atoms with Gasteiger partial charge in [0.25, 0.3) is 0 Å². The van der Waals surface area contributed by atoms with Crippen LogP contribution in [0.1, 0.15) is 25.0 Å². The molecule has 35 heavy (non-hydrogen) atoms. The molecule has 1 heterocycles. The Kier molecular flexibility index (Phi) is 12.2. The number of thioether (sulfide) groups is 1. The average Bonchev–Trinajstić information content (AvgIpc) is 3.27. The number of carbonyl (C=O) groups is 6. The van der Waals surface area contributed by atoms with E-state index in [0.717, 1.165) is 0 Å². The summed E-state index contributed by atoms with van der Waals surface area (Å²) in [6.45, 7) is 0. The number of carboxylic acid groups (broad SMARTS) is 2. The number of aromatic amines is 1. The molecular weight excluding hydrogens is 486 g/mol. The average molecular weight is 516 g/mol. The number of carbonyl (C=O) groups excluding carboxylic acids is 4. The van der Waals surface area contributed by atoms with Gasteiger partial charge in [-0.25, -0.2) is 9.78 Å². The van der Waals surface area contributed by atoms with E-state index in [4.69, 9.17) is 16.6 Å². The molecule has 16 heteroatoms. The molecule has 0 aromatic carbocycles. The summed E-state index contributed by atoms with van der Waals surface area (Å²) in [7, 11) is 0. The summed E-state index contributed by atoms with van der Waals surface area (Å²) in [4.78, 5) is 78.4. The van der Waals surface area contributed by atoms with Crippen molar-refractivity contribution in [2.45, 2.75) is 49.9 Å². The van der Waals surface area contributed by atoms with Gasteiger partial charge in [-0.15, -0.1) is 0 Å². The highest BCUT2D eigenvalue weighted by atomic mass is 32.2. The Morgan fingerprint density at radius 2 is 1.57 bits per heavy atom. The number of hydrogen-bond acceptors (Lipinski definition) is 9. The normalized spacial score (nSPS) is 14.1. The van der Waals surface area contributed by atoms with Crippen molar-refractivity contribution >= 4 is 47.3 Å². The van der Waals surface area contributed by atoms with Gasteiger partial charge in [0.05, 0.1) is 25.2 Å². The zero-order valence-electron chi connectivity index (χ0n) is 18.9. The topological polar surface area (TPSA) is 260 Å². The lowest BCUT2D eigenvalue weighted by molar-refractivity contribution is -0.144. The number of rotatable bonds is 16. The first kappa shape index (κ1) is 29.4. The largest absolute Gasteiger partial charge is 0.481 e. The van der Waals surface area contributed by atoms with E-state index in [2.05, 4.69) is 25.9 Å². The smallest absolute Gasteiger partial charge is 0.326 e. The predicted molar refractivity (Wildman–Crippen MR) is 123 cm³/mol. The van der Waals surface area contributed by atoms with E-state index in [0.29, 0.717) is 11.4 Å². The molecule has 0 saturated heterocycles. The van der Waals surface area contributed by atoms with Crippen molar-refractivity contribution in [2.24, 2.45) is 11.5 Å². The molecule has 0 aliphatic carbocycles. The number of aromatic nitrogens is 2. The summed E-state index contributed by atoms with van der Waals surface area (Å²) in [6, 6.07) is -5.71. The molecule has 10 N–H and O–H groups in total. The molecule has 0 fully saturated rings. The van der Waals surface area contributed by atoms with Crippen LogP contribution >= 0.6 is 11.8 Å². The van der Waals surface area contributed by atoms with Crippen molar-refractivity contribution in [2.75, 3.05) is 12.0 Å². The van der Waals surface area contributed by atoms with Crippen LogP contribution in [0, 0.1) is 0 Å². The second-order valence-electron chi connectivity index (χ2n) is 7.46. The lowest BCUT2D eigenvalue weighted by atomic mass is 10.1. The van der Waals surface area contributed by atoms with Crippen LogP contribution < -0.4 is 27.4 Å². The Labute approximate surface area is 204 Å². The number of aliphatic carboxylic acids is 2. The zero-order chi connectivity index (χ0) is 26.5. The number of carboxylic acids is 2. The van der Waals surface area contributed by atoms with Crippen molar-refractivity contribution in [3.63, 3.8) is 0 Å². The van der Waals surface area contributed by atoms with Crippen LogP contribution in [0.15, 0.2) is 12.5 Å². The lowest BCUT2D eigenvalue weighted by Gasteiger charge is -2.24. The van der Waals surface area contributed by atoms with Gasteiger partial charge in [-0.05, 0) is 18.4 Å². The second-order valence-corrected chi connectivity index (χ2v) is 8.44. The summed E-state index contributed by atoms with van der Waals surface area (Å²) in [5.74, 6) is -6.31. The van der Waals surface area contributed by atoms with E-state index in [1.54, 1.807) is 6.26 Å². The van der Waals surface area contributed by atoms with Crippen molar-refractivity contribution in [3.05, 3.63) is 18.2 Å². The molecule has 0 saturated carbocycles. The Balaban J connectivity index is 2.94. The Bertz CT molecular complexity index is 911. The summed E-state index contributed by atoms with van der Waals surface area (Å²) < 4.78 is 0. The fourth-order valence-corrected chi connectivity index (χ4v) is 3.31. The van der Waals surface area contributed by atoms with Crippen LogP contribution in [0.5, 0.6) is 0 Å². The van der Waals surface area contributed by atoms with Crippen LogP contribution in [0.4, 0.5) is 0 Å². The first-order chi connectivity index (χ1) is 16.4. The third-order valence-electron chi connectivity index (χ3n) is 4.61. The molecule has 4 atom stereocenters. The predicted octanol–water partition coefficient (Wildman–Crippen LogP) is -3.08. The van der Waals surface area contributed by atoms with Crippen molar-refractivity contribution in [1.29, 1.82) is 0 Å². The van der Waals surface area contributed by atoms with Gasteiger partial charge in [-0.3, -0.25) is 24.0 Å². The molecule has 15 nitrogen and oxygen atoms in total. The Morgan fingerprint density at radius 3 is 2.06 bits per heavy atom. The van der Waals surface area contributed by atoms with E-state index in [-0.39, 0.29) is 12.8 Å². The number of nitrogens with two attached hydrogens (primary N) is 2. The first-order valence-electron chi connectivity index (χ1n) is 10.3. The van der Waals surface area contributed by atoms with Crippen LogP contribution in [0.25, 0.3) is 0 Å². The van der Waals surface area contributed by atoms with E-state index in [1.807, 2.05) is 0 Å². The highest BCUT2D eigenvalue weighted by Crippen LogP contribution is 2.04. The molecule has 1 aromatic rings. The monoisotopic (exact) mass is 515 g/mol. The van der Waals surface area contributed by atoms with Crippen LogP contribution in [-0.4, -0.2) is 91.9 Å². The number of amides is 4. The van der Waals surface area contributed by atoms with Crippen molar-refractivity contribution in [3.8, 4) is 0 Å². The molecular formula is C19H29N7O8S. The van der Waals surface area contributed by atoms with Gasteiger partial charge < -0.3 is 42.6 Å². The van der Waals surface area contributed by atoms with Crippen molar-refractivity contribution < 1.29 is 39.0 Å². The number of nitrogens with one attached hydrogen (secondary N) is 4. The number of H-pyrrole nitrogens is 1. The molecule has 0 aliphatic rings. The Morgan fingerprint density at radius 1 is 1.00 bits per heavy atom. The maximum absolute atomic E-state index is 12.8. The number of hydrogen-bond donors (Lipinski definition) is 8. The van der Waals surface area contributed by atoms with Crippen LogP contribution in [-0.2, 0) is 35.2 Å².